The maximum atomic E-state index is 12.7. The van der Waals surface area contributed by atoms with Crippen molar-refractivity contribution in [2.45, 2.75) is 64.1 Å². The molecular formula is C24H32N4O2. The lowest BCUT2D eigenvalue weighted by molar-refractivity contribution is -0.125. The normalized spacial score (nSPS) is 24.0. The molecule has 1 aromatic carbocycles. The Morgan fingerprint density at radius 3 is 2.57 bits per heavy atom. The van der Waals surface area contributed by atoms with Crippen molar-refractivity contribution < 1.29 is 9.59 Å². The van der Waals surface area contributed by atoms with Gasteiger partial charge in [-0.2, -0.15) is 0 Å². The molecule has 2 N–H and O–H groups in total. The zero-order chi connectivity index (χ0) is 21.3. The number of benzene rings is 1. The van der Waals surface area contributed by atoms with Crippen molar-refractivity contribution in [2.75, 3.05) is 13.1 Å². The second kappa shape index (κ2) is 8.34. The van der Waals surface area contributed by atoms with Gasteiger partial charge < -0.3 is 10.6 Å². The summed E-state index contributed by atoms with van der Waals surface area (Å²) in [6.45, 7) is 7.22. The Kier molecular flexibility index (Phi) is 5.78. The fraction of sp³-hybridized carbons (Fsp3) is 0.542. The molecule has 0 radical (unpaired) electrons. The van der Waals surface area contributed by atoms with E-state index in [0.717, 1.165) is 36.6 Å². The molecule has 2 aliphatic heterocycles. The first-order valence-corrected chi connectivity index (χ1v) is 11.0. The summed E-state index contributed by atoms with van der Waals surface area (Å²) in [5, 5.41) is 7.18. The van der Waals surface area contributed by atoms with Crippen LogP contribution in [0.3, 0.4) is 0 Å². The van der Waals surface area contributed by atoms with Gasteiger partial charge >= 0.3 is 0 Å². The van der Waals surface area contributed by atoms with Gasteiger partial charge in [-0.25, -0.2) is 0 Å². The standard InChI is InChI=1S/C24H32N4O2/c1-24(2,3)27-22(29)15-28-19-7-8-20(28)12-16(11-19)14-26-23(30)18-6-9-21-17(13-18)5-4-10-25-21/h4-6,9-10,13,16,19-20H,7-8,11-12,14-15H2,1-3H3,(H,26,30)(H,27,29)/t16?,19-,20+. The minimum Gasteiger partial charge on any atom is -0.352 e. The van der Waals surface area contributed by atoms with Crippen molar-refractivity contribution in [3.8, 4) is 0 Å². The second-order valence-corrected chi connectivity index (χ2v) is 9.81. The van der Waals surface area contributed by atoms with E-state index in [4.69, 9.17) is 0 Å². The first kappa shape index (κ1) is 20.8. The van der Waals surface area contributed by atoms with Crippen LogP contribution in [0.25, 0.3) is 10.9 Å². The van der Waals surface area contributed by atoms with Gasteiger partial charge in [0.1, 0.15) is 0 Å². The van der Waals surface area contributed by atoms with Gasteiger partial charge in [0.15, 0.2) is 0 Å². The Hall–Kier alpha value is -2.47. The molecule has 2 saturated heterocycles. The average molecular weight is 409 g/mol. The van der Waals surface area contributed by atoms with Crippen LogP contribution < -0.4 is 10.6 Å². The number of pyridine rings is 1. The highest BCUT2D eigenvalue weighted by Crippen LogP contribution is 2.38. The third-order valence-electron chi connectivity index (χ3n) is 6.24. The maximum Gasteiger partial charge on any atom is 0.251 e. The van der Waals surface area contributed by atoms with E-state index in [9.17, 15) is 9.59 Å². The monoisotopic (exact) mass is 408 g/mol. The molecule has 3 atom stereocenters. The summed E-state index contributed by atoms with van der Waals surface area (Å²) < 4.78 is 0. The fourth-order valence-corrected chi connectivity index (χ4v) is 4.99. The smallest absolute Gasteiger partial charge is 0.251 e. The van der Waals surface area contributed by atoms with Gasteiger partial charge in [-0.15, -0.1) is 0 Å². The SMILES string of the molecule is CC(C)(C)NC(=O)CN1[C@@H]2CC[C@H]1CC(CNC(=O)c1ccc3ncccc3c1)C2. The summed E-state index contributed by atoms with van der Waals surface area (Å²) in [7, 11) is 0. The average Bonchev–Trinajstić information content (AvgIpc) is 2.92. The summed E-state index contributed by atoms with van der Waals surface area (Å²) in [4.78, 5) is 31.7. The van der Waals surface area contributed by atoms with E-state index >= 15 is 0 Å². The molecule has 0 aliphatic carbocycles. The van der Waals surface area contributed by atoms with Crippen LogP contribution in [0.2, 0.25) is 0 Å². The molecule has 30 heavy (non-hydrogen) atoms. The highest BCUT2D eigenvalue weighted by atomic mass is 16.2. The third-order valence-corrected chi connectivity index (χ3v) is 6.24. The van der Waals surface area contributed by atoms with Crippen molar-refractivity contribution in [3.05, 3.63) is 42.1 Å². The molecule has 2 aromatic rings. The summed E-state index contributed by atoms with van der Waals surface area (Å²) in [5.74, 6) is 0.549. The number of nitrogens with zero attached hydrogens (tertiary/aromatic N) is 2. The Morgan fingerprint density at radius 1 is 1.13 bits per heavy atom. The van der Waals surface area contributed by atoms with Gasteiger partial charge in [0, 0.05) is 41.3 Å². The number of carbonyl (C=O) groups excluding carboxylic acids is 2. The quantitative estimate of drug-likeness (QED) is 0.797. The lowest BCUT2D eigenvalue weighted by Gasteiger charge is -2.39. The minimum atomic E-state index is -0.197. The number of hydrogen-bond acceptors (Lipinski definition) is 4. The van der Waals surface area contributed by atoms with Gasteiger partial charge in [-0.05, 0) is 76.6 Å². The first-order chi connectivity index (χ1) is 14.3. The summed E-state index contributed by atoms with van der Waals surface area (Å²) in [6.07, 6.45) is 6.14. The molecule has 2 aliphatic rings. The Labute approximate surface area is 178 Å². The molecule has 0 saturated carbocycles. The van der Waals surface area contributed by atoms with Crippen LogP contribution in [0.4, 0.5) is 0 Å². The summed E-state index contributed by atoms with van der Waals surface area (Å²) >= 11 is 0. The molecule has 6 heteroatoms. The minimum absolute atomic E-state index is 0.0277. The number of piperidine rings is 1. The van der Waals surface area contributed by atoms with Crippen LogP contribution in [0.15, 0.2) is 36.5 Å². The van der Waals surface area contributed by atoms with Crippen LogP contribution in [0.1, 0.15) is 56.8 Å². The summed E-state index contributed by atoms with van der Waals surface area (Å²) in [6, 6.07) is 10.4. The van der Waals surface area contributed by atoms with E-state index in [0.29, 0.717) is 36.7 Å². The lowest BCUT2D eigenvalue weighted by Crippen LogP contribution is -2.52. The van der Waals surface area contributed by atoms with Gasteiger partial charge in [0.25, 0.3) is 5.91 Å². The van der Waals surface area contributed by atoms with E-state index in [1.54, 1.807) is 6.20 Å². The Bertz CT molecular complexity index is 922. The van der Waals surface area contributed by atoms with E-state index < -0.39 is 0 Å². The molecule has 1 unspecified atom stereocenters. The molecule has 2 amide bonds. The van der Waals surface area contributed by atoms with Gasteiger partial charge in [-0.1, -0.05) is 6.07 Å². The topological polar surface area (TPSA) is 74.3 Å². The third kappa shape index (κ3) is 4.81. The Balaban J connectivity index is 1.30. The number of aromatic nitrogens is 1. The van der Waals surface area contributed by atoms with Crippen molar-refractivity contribution in [2.24, 2.45) is 5.92 Å². The zero-order valence-corrected chi connectivity index (χ0v) is 18.1. The van der Waals surface area contributed by atoms with E-state index in [2.05, 4.69) is 20.5 Å². The molecular weight excluding hydrogens is 376 g/mol. The number of fused-ring (bicyclic) bond motifs is 3. The molecule has 3 heterocycles. The predicted octanol–water partition coefficient (Wildman–Crippen LogP) is 3.12. The second-order valence-electron chi connectivity index (χ2n) is 9.81. The predicted molar refractivity (Wildman–Crippen MR) is 118 cm³/mol. The number of rotatable bonds is 5. The molecule has 2 fully saturated rings. The molecule has 1 aromatic heterocycles. The van der Waals surface area contributed by atoms with Crippen LogP contribution in [-0.4, -0.2) is 52.4 Å². The fourth-order valence-electron chi connectivity index (χ4n) is 4.99. The van der Waals surface area contributed by atoms with E-state index in [1.807, 2.05) is 51.1 Å². The number of hydrogen-bond donors (Lipinski definition) is 2. The summed E-state index contributed by atoms with van der Waals surface area (Å²) in [5.41, 5.74) is 1.38. The molecule has 0 spiro atoms. The first-order valence-electron chi connectivity index (χ1n) is 11.0. The lowest BCUT2D eigenvalue weighted by atomic mass is 9.90. The highest BCUT2D eigenvalue weighted by molar-refractivity contribution is 5.97. The van der Waals surface area contributed by atoms with Crippen LogP contribution in [-0.2, 0) is 4.79 Å². The van der Waals surface area contributed by atoms with Crippen LogP contribution in [0, 0.1) is 5.92 Å². The molecule has 2 bridgehead atoms. The van der Waals surface area contributed by atoms with E-state index in [-0.39, 0.29) is 17.4 Å². The van der Waals surface area contributed by atoms with Crippen molar-refractivity contribution in [1.29, 1.82) is 0 Å². The van der Waals surface area contributed by atoms with Crippen molar-refractivity contribution in [1.82, 2.24) is 20.5 Å². The van der Waals surface area contributed by atoms with Crippen molar-refractivity contribution in [3.63, 3.8) is 0 Å². The molecule has 6 nitrogen and oxygen atoms in total. The molecule has 160 valence electrons. The largest absolute Gasteiger partial charge is 0.352 e. The number of carbonyl (C=O) groups is 2. The number of amides is 2. The van der Waals surface area contributed by atoms with Gasteiger partial charge in [-0.3, -0.25) is 19.5 Å². The Morgan fingerprint density at radius 2 is 1.87 bits per heavy atom. The van der Waals surface area contributed by atoms with Gasteiger partial charge in [0.2, 0.25) is 5.91 Å². The van der Waals surface area contributed by atoms with Crippen LogP contribution in [0.5, 0.6) is 0 Å². The zero-order valence-electron chi connectivity index (χ0n) is 18.1. The maximum absolute atomic E-state index is 12.7. The van der Waals surface area contributed by atoms with Crippen LogP contribution >= 0.6 is 0 Å². The highest BCUT2D eigenvalue weighted by Gasteiger charge is 2.41. The van der Waals surface area contributed by atoms with Gasteiger partial charge in [0.05, 0.1) is 12.1 Å². The van der Waals surface area contributed by atoms with Crippen molar-refractivity contribution >= 4 is 22.7 Å². The molecule has 4 rings (SSSR count). The number of nitrogens with one attached hydrogen (secondary N) is 2. The van der Waals surface area contributed by atoms with E-state index in [1.165, 1.54) is 0 Å².